The first-order chi connectivity index (χ1) is 4.83. The van der Waals surface area contributed by atoms with Gasteiger partial charge in [0, 0.05) is 16.3 Å². The predicted molar refractivity (Wildman–Crippen MR) is 38.9 cm³/mol. The molecule has 0 aliphatic carbocycles. The number of halogens is 1. The molecule has 50 valence electrons. The minimum Gasteiger partial charge on any atom is -0.206 e. The fraction of sp³-hybridized carbons (Fsp3) is 0. The van der Waals surface area contributed by atoms with E-state index in [4.69, 9.17) is 5.26 Å². The molecule has 0 aliphatic rings. The second kappa shape index (κ2) is 3.14. The smallest absolute Gasteiger partial charge is 0.134 e. The van der Waals surface area contributed by atoms with Gasteiger partial charge in [-0.3, -0.25) is 0 Å². The largest absolute Gasteiger partial charge is 0.206 e. The van der Waals surface area contributed by atoms with Crippen molar-refractivity contribution in [3.05, 3.63) is 28.2 Å². The van der Waals surface area contributed by atoms with Crippen LogP contribution in [0.1, 0.15) is 4.88 Å². The van der Waals surface area contributed by atoms with Gasteiger partial charge in [0.15, 0.2) is 0 Å². The molecule has 0 amide bonds. The zero-order valence-electron chi connectivity index (χ0n) is 5.04. The van der Waals surface area contributed by atoms with Gasteiger partial charge in [-0.1, -0.05) is 0 Å². The zero-order chi connectivity index (χ0) is 7.40. The molecular formula is C7H4FNS. The number of hydrogen-bond acceptors (Lipinski definition) is 2. The number of hydrogen-bond donors (Lipinski definition) is 0. The summed E-state index contributed by atoms with van der Waals surface area (Å²) >= 11 is 1.28. The van der Waals surface area contributed by atoms with E-state index in [1.807, 2.05) is 6.07 Å². The summed E-state index contributed by atoms with van der Waals surface area (Å²) in [6.45, 7) is 0. The van der Waals surface area contributed by atoms with Gasteiger partial charge in [0.05, 0.1) is 6.07 Å². The van der Waals surface area contributed by atoms with Crippen LogP contribution in [-0.4, -0.2) is 0 Å². The molecule has 1 aromatic heterocycles. The Labute approximate surface area is 62.0 Å². The van der Waals surface area contributed by atoms with Gasteiger partial charge in [0.1, 0.15) is 5.82 Å². The van der Waals surface area contributed by atoms with Gasteiger partial charge in [-0.05, 0) is 12.1 Å². The van der Waals surface area contributed by atoms with Gasteiger partial charge in [-0.2, -0.15) is 5.26 Å². The maximum atomic E-state index is 12.2. The molecule has 0 spiro atoms. The molecule has 0 saturated heterocycles. The SMILES string of the molecule is N#C/C=C/c1cc(F)cs1. The highest BCUT2D eigenvalue weighted by Crippen LogP contribution is 2.13. The van der Waals surface area contributed by atoms with Crippen molar-refractivity contribution in [3.8, 4) is 6.07 Å². The lowest BCUT2D eigenvalue weighted by molar-refractivity contribution is 0.633. The van der Waals surface area contributed by atoms with Gasteiger partial charge < -0.3 is 0 Å². The number of rotatable bonds is 1. The van der Waals surface area contributed by atoms with Gasteiger partial charge in [0.2, 0.25) is 0 Å². The molecule has 0 unspecified atom stereocenters. The van der Waals surface area contributed by atoms with Crippen LogP contribution >= 0.6 is 11.3 Å². The van der Waals surface area contributed by atoms with Crippen LogP contribution in [0.15, 0.2) is 17.5 Å². The molecule has 1 aromatic rings. The Morgan fingerprint density at radius 1 is 1.70 bits per heavy atom. The fourth-order valence-electron chi connectivity index (χ4n) is 0.535. The first-order valence-corrected chi connectivity index (χ1v) is 3.51. The van der Waals surface area contributed by atoms with Crippen molar-refractivity contribution in [1.82, 2.24) is 0 Å². The molecule has 0 saturated carbocycles. The Morgan fingerprint density at radius 3 is 3.00 bits per heavy atom. The number of nitriles is 1. The third-order valence-electron chi connectivity index (χ3n) is 0.910. The average Bonchev–Trinajstić information content (AvgIpc) is 2.31. The molecular weight excluding hydrogens is 149 g/mol. The first kappa shape index (κ1) is 6.97. The average molecular weight is 153 g/mol. The Kier molecular flexibility index (Phi) is 2.19. The molecule has 0 bridgehead atoms. The summed E-state index contributed by atoms with van der Waals surface area (Å²) in [6.07, 6.45) is 2.90. The van der Waals surface area contributed by atoms with Crippen molar-refractivity contribution < 1.29 is 4.39 Å². The van der Waals surface area contributed by atoms with E-state index in [9.17, 15) is 4.39 Å². The standard InChI is InChI=1S/C7H4FNS/c8-6-4-7(10-5-6)2-1-3-9/h1-2,4-5H/b2-1+. The highest BCUT2D eigenvalue weighted by atomic mass is 32.1. The predicted octanol–water partition coefficient (Wildman–Crippen LogP) is 2.42. The summed E-state index contributed by atoms with van der Waals surface area (Å²) in [5.74, 6) is -0.248. The normalized spacial score (nSPS) is 10.0. The van der Waals surface area contributed by atoms with Crippen molar-refractivity contribution in [2.45, 2.75) is 0 Å². The molecule has 0 fully saturated rings. The van der Waals surface area contributed by atoms with E-state index in [2.05, 4.69) is 0 Å². The third-order valence-corrected chi connectivity index (χ3v) is 1.78. The molecule has 0 radical (unpaired) electrons. The zero-order valence-corrected chi connectivity index (χ0v) is 5.86. The van der Waals surface area contributed by atoms with Crippen LogP contribution in [0.3, 0.4) is 0 Å². The van der Waals surface area contributed by atoms with E-state index >= 15 is 0 Å². The second-order valence-electron chi connectivity index (χ2n) is 1.63. The summed E-state index contributed by atoms with van der Waals surface area (Å²) in [5.41, 5.74) is 0. The van der Waals surface area contributed by atoms with Gasteiger partial charge in [-0.15, -0.1) is 11.3 Å². The monoisotopic (exact) mass is 153 g/mol. The van der Waals surface area contributed by atoms with Crippen molar-refractivity contribution in [1.29, 1.82) is 5.26 Å². The van der Waals surface area contributed by atoms with Crippen LogP contribution < -0.4 is 0 Å². The van der Waals surface area contributed by atoms with Gasteiger partial charge in [0.25, 0.3) is 0 Å². The Morgan fingerprint density at radius 2 is 2.50 bits per heavy atom. The van der Waals surface area contributed by atoms with Crippen LogP contribution in [0.25, 0.3) is 6.08 Å². The van der Waals surface area contributed by atoms with E-state index < -0.39 is 0 Å². The molecule has 3 heteroatoms. The minimum absolute atomic E-state index is 0.248. The highest BCUT2D eigenvalue weighted by molar-refractivity contribution is 7.10. The van der Waals surface area contributed by atoms with Crippen molar-refractivity contribution in [3.63, 3.8) is 0 Å². The molecule has 1 nitrogen and oxygen atoms in total. The van der Waals surface area contributed by atoms with Crippen LogP contribution in [0.5, 0.6) is 0 Å². The molecule has 0 atom stereocenters. The second-order valence-corrected chi connectivity index (χ2v) is 2.57. The van der Waals surface area contributed by atoms with E-state index in [1.165, 1.54) is 28.9 Å². The summed E-state index contributed by atoms with van der Waals surface area (Å²) in [4.78, 5) is 0.763. The maximum Gasteiger partial charge on any atom is 0.134 e. The first-order valence-electron chi connectivity index (χ1n) is 2.63. The van der Waals surface area contributed by atoms with E-state index in [0.29, 0.717) is 0 Å². The van der Waals surface area contributed by atoms with Crippen LogP contribution in [0.4, 0.5) is 4.39 Å². The highest BCUT2D eigenvalue weighted by Gasteiger charge is 1.92. The van der Waals surface area contributed by atoms with Crippen molar-refractivity contribution >= 4 is 17.4 Å². The van der Waals surface area contributed by atoms with E-state index in [0.717, 1.165) is 4.88 Å². The molecule has 0 aliphatic heterocycles. The fourth-order valence-corrected chi connectivity index (χ4v) is 1.18. The Balaban J connectivity index is 2.78. The van der Waals surface area contributed by atoms with Crippen LogP contribution in [0.2, 0.25) is 0 Å². The van der Waals surface area contributed by atoms with Gasteiger partial charge >= 0.3 is 0 Å². The molecule has 10 heavy (non-hydrogen) atoms. The number of nitrogens with zero attached hydrogens (tertiary/aromatic N) is 1. The molecule has 0 aromatic carbocycles. The maximum absolute atomic E-state index is 12.2. The summed E-state index contributed by atoms with van der Waals surface area (Å²) < 4.78 is 12.2. The van der Waals surface area contributed by atoms with E-state index in [1.54, 1.807) is 6.08 Å². The van der Waals surface area contributed by atoms with Crippen molar-refractivity contribution in [2.75, 3.05) is 0 Å². The molecule has 0 N–H and O–H groups in total. The van der Waals surface area contributed by atoms with Crippen LogP contribution in [-0.2, 0) is 0 Å². The molecule has 1 heterocycles. The summed E-state index contributed by atoms with van der Waals surface area (Å²) in [7, 11) is 0. The van der Waals surface area contributed by atoms with Crippen LogP contribution in [0, 0.1) is 17.1 Å². The lowest BCUT2D eigenvalue weighted by atomic mass is 10.4. The number of allylic oxidation sites excluding steroid dienone is 1. The lowest BCUT2D eigenvalue weighted by Crippen LogP contribution is -1.57. The Bertz CT molecular complexity index is 282. The summed E-state index contributed by atoms with van der Waals surface area (Å²) in [5, 5.41) is 9.51. The molecule has 1 rings (SSSR count). The third kappa shape index (κ3) is 1.67. The van der Waals surface area contributed by atoms with Crippen molar-refractivity contribution in [2.24, 2.45) is 0 Å². The Hall–Kier alpha value is -1.14. The minimum atomic E-state index is -0.248. The lowest BCUT2D eigenvalue weighted by Gasteiger charge is -1.74. The quantitative estimate of drug-likeness (QED) is 0.568. The number of thiophene rings is 1. The topological polar surface area (TPSA) is 23.8 Å². The van der Waals surface area contributed by atoms with E-state index in [-0.39, 0.29) is 5.82 Å². The summed E-state index contributed by atoms with van der Waals surface area (Å²) in [6, 6.07) is 3.22. The van der Waals surface area contributed by atoms with Gasteiger partial charge in [-0.25, -0.2) is 4.39 Å².